The summed E-state index contributed by atoms with van der Waals surface area (Å²) in [7, 11) is 0. The van der Waals surface area contributed by atoms with E-state index < -0.39 is 0 Å². The molecule has 0 spiro atoms. The van der Waals surface area contributed by atoms with Gasteiger partial charge in [0.15, 0.2) is 0 Å². The molecule has 1 aromatic carbocycles. The van der Waals surface area contributed by atoms with E-state index in [2.05, 4.69) is 20.3 Å². The van der Waals surface area contributed by atoms with E-state index in [1.807, 2.05) is 30.0 Å². The lowest BCUT2D eigenvalue weighted by molar-refractivity contribution is 0.0713. The Morgan fingerprint density at radius 2 is 2.17 bits per heavy atom. The molecular formula is C17H18N4OS. The Morgan fingerprint density at radius 3 is 2.91 bits per heavy atom. The van der Waals surface area contributed by atoms with Crippen LogP contribution in [0.25, 0.3) is 11.0 Å². The molecule has 1 amide bonds. The van der Waals surface area contributed by atoms with Gasteiger partial charge in [-0.15, -0.1) is 11.3 Å². The fourth-order valence-corrected chi connectivity index (χ4v) is 4.11. The molecule has 0 aliphatic carbocycles. The van der Waals surface area contributed by atoms with Crippen molar-refractivity contribution in [2.24, 2.45) is 0 Å². The number of hydrogen-bond acceptors (Lipinski definition) is 4. The highest BCUT2D eigenvalue weighted by molar-refractivity contribution is 7.09. The first-order valence-electron chi connectivity index (χ1n) is 7.85. The molecule has 1 saturated heterocycles. The summed E-state index contributed by atoms with van der Waals surface area (Å²) in [6.07, 6.45) is 3.64. The van der Waals surface area contributed by atoms with Gasteiger partial charge in [0, 0.05) is 35.6 Å². The van der Waals surface area contributed by atoms with Crippen molar-refractivity contribution in [3.63, 3.8) is 0 Å². The predicted molar refractivity (Wildman–Crippen MR) is 90.8 cm³/mol. The zero-order chi connectivity index (χ0) is 15.8. The molecule has 0 radical (unpaired) electrons. The number of aromatic amines is 1. The van der Waals surface area contributed by atoms with Crippen LogP contribution in [0.15, 0.2) is 29.9 Å². The normalized spacial score (nSPS) is 16.1. The maximum Gasteiger partial charge on any atom is 0.253 e. The number of piperidine rings is 1. The van der Waals surface area contributed by atoms with Gasteiger partial charge in [-0.25, -0.2) is 9.97 Å². The van der Waals surface area contributed by atoms with Crippen molar-refractivity contribution in [1.29, 1.82) is 0 Å². The number of likely N-dealkylation sites (tertiary alicyclic amines) is 1. The fraction of sp³-hybridized carbons (Fsp3) is 0.353. The summed E-state index contributed by atoms with van der Waals surface area (Å²) in [6.45, 7) is 3.62. The third kappa shape index (κ3) is 2.74. The summed E-state index contributed by atoms with van der Waals surface area (Å²) in [4.78, 5) is 26.5. The van der Waals surface area contributed by atoms with E-state index in [-0.39, 0.29) is 5.91 Å². The molecule has 3 heterocycles. The average molecular weight is 326 g/mol. The number of H-pyrrole nitrogens is 1. The largest absolute Gasteiger partial charge is 0.345 e. The van der Waals surface area contributed by atoms with E-state index in [9.17, 15) is 4.79 Å². The average Bonchev–Trinajstić information content (AvgIpc) is 3.22. The molecule has 0 unspecified atom stereocenters. The highest BCUT2D eigenvalue weighted by Crippen LogP contribution is 2.30. The van der Waals surface area contributed by atoms with Gasteiger partial charge in [-0.3, -0.25) is 4.79 Å². The molecule has 5 nitrogen and oxygen atoms in total. The minimum atomic E-state index is 0.107. The minimum absolute atomic E-state index is 0.107. The number of aryl methyl sites for hydroxylation is 1. The molecule has 4 rings (SSSR count). The van der Waals surface area contributed by atoms with Crippen LogP contribution < -0.4 is 0 Å². The summed E-state index contributed by atoms with van der Waals surface area (Å²) >= 11 is 1.74. The minimum Gasteiger partial charge on any atom is -0.345 e. The predicted octanol–water partition coefficient (Wildman–Crippen LogP) is 3.35. The quantitative estimate of drug-likeness (QED) is 0.785. The number of carbonyl (C=O) groups is 1. The second kappa shape index (κ2) is 5.77. The standard InChI is InChI=1S/C17H18N4OS/c1-11-9-23-16(20-11)12-4-6-21(7-5-12)17(22)13-2-3-14-15(8-13)19-10-18-14/h2-3,8-10,12H,4-7H2,1H3,(H,18,19). The molecule has 1 fully saturated rings. The van der Waals surface area contributed by atoms with E-state index in [0.29, 0.717) is 5.92 Å². The first-order chi connectivity index (χ1) is 11.2. The number of aromatic nitrogens is 3. The van der Waals surface area contributed by atoms with Crippen LogP contribution in [0.2, 0.25) is 0 Å². The molecular weight excluding hydrogens is 308 g/mol. The van der Waals surface area contributed by atoms with Crippen molar-refractivity contribution in [3.05, 3.63) is 46.2 Å². The maximum atomic E-state index is 12.7. The number of carbonyl (C=O) groups excluding carboxylic acids is 1. The monoisotopic (exact) mass is 326 g/mol. The molecule has 23 heavy (non-hydrogen) atoms. The fourth-order valence-electron chi connectivity index (χ4n) is 3.14. The molecule has 2 aromatic heterocycles. The number of imidazole rings is 1. The van der Waals surface area contributed by atoms with E-state index in [1.165, 1.54) is 5.01 Å². The highest BCUT2D eigenvalue weighted by atomic mass is 32.1. The Labute approximate surface area is 138 Å². The van der Waals surface area contributed by atoms with Gasteiger partial charge < -0.3 is 9.88 Å². The molecule has 1 aliphatic heterocycles. The lowest BCUT2D eigenvalue weighted by Gasteiger charge is -2.31. The molecule has 0 bridgehead atoms. The van der Waals surface area contributed by atoms with Crippen LogP contribution >= 0.6 is 11.3 Å². The molecule has 3 aromatic rings. The Bertz CT molecular complexity index is 845. The molecule has 0 saturated carbocycles. The zero-order valence-corrected chi connectivity index (χ0v) is 13.8. The number of nitrogens with zero attached hydrogens (tertiary/aromatic N) is 3. The Morgan fingerprint density at radius 1 is 1.35 bits per heavy atom. The number of thiazole rings is 1. The summed E-state index contributed by atoms with van der Waals surface area (Å²) in [6, 6.07) is 5.65. The molecule has 0 atom stereocenters. The first kappa shape index (κ1) is 14.4. The van der Waals surface area contributed by atoms with Crippen LogP contribution in [0, 0.1) is 6.92 Å². The third-order valence-corrected chi connectivity index (χ3v) is 5.56. The Kier molecular flexibility index (Phi) is 3.61. The second-order valence-corrected chi connectivity index (χ2v) is 6.92. The highest BCUT2D eigenvalue weighted by Gasteiger charge is 2.26. The van der Waals surface area contributed by atoms with Crippen molar-refractivity contribution in [2.45, 2.75) is 25.7 Å². The van der Waals surface area contributed by atoms with Crippen LogP contribution in [0.1, 0.15) is 39.8 Å². The Hall–Kier alpha value is -2.21. The number of rotatable bonds is 2. The van der Waals surface area contributed by atoms with Crippen molar-refractivity contribution in [3.8, 4) is 0 Å². The van der Waals surface area contributed by atoms with Gasteiger partial charge in [0.25, 0.3) is 5.91 Å². The Balaban J connectivity index is 1.46. The molecule has 1 N–H and O–H groups in total. The van der Waals surface area contributed by atoms with Crippen molar-refractivity contribution in [1.82, 2.24) is 19.9 Å². The zero-order valence-electron chi connectivity index (χ0n) is 13.0. The number of nitrogens with one attached hydrogen (secondary N) is 1. The van der Waals surface area contributed by atoms with Gasteiger partial charge in [0.1, 0.15) is 0 Å². The lowest BCUT2D eigenvalue weighted by Crippen LogP contribution is -2.37. The smallest absolute Gasteiger partial charge is 0.253 e. The summed E-state index contributed by atoms with van der Waals surface area (Å²) in [5.74, 6) is 0.600. The summed E-state index contributed by atoms with van der Waals surface area (Å²) < 4.78 is 0. The molecule has 6 heteroatoms. The maximum absolute atomic E-state index is 12.7. The van der Waals surface area contributed by atoms with Gasteiger partial charge in [0.05, 0.1) is 22.4 Å². The topological polar surface area (TPSA) is 61.9 Å². The number of hydrogen-bond donors (Lipinski definition) is 1. The SMILES string of the molecule is Cc1csc(C2CCN(C(=O)c3ccc4nc[nH]c4c3)CC2)n1. The number of benzene rings is 1. The van der Waals surface area contributed by atoms with Gasteiger partial charge >= 0.3 is 0 Å². The number of amides is 1. The van der Waals surface area contributed by atoms with Crippen LogP contribution in [0.4, 0.5) is 0 Å². The molecule has 118 valence electrons. The molecule has 1 aliphatic rings. The van der Waals surface area contributed by atoms with Gasteiger partial charge in [0.2, 0.25) is 0 Å². The third-order valence-electron chi connectivity index (χ3n) is 4.44. The van der Waals surface area contributed by atoms with Crippen molar-refractivity contribution >= 4 is 28.3 Å². The van der Waals surface area contributed by atoms with Crippen LogP contribution in [0.5, 0.6) is 0 Å². The van der Waals surface area contributed by atoms with Crippen LogP contribution in [-0.4, -0.2) is 38.8 Å². The second-order valence-electron chi connectivity index (χ2n) is 6.03. The van der Waals surface area contributed by atoms with Gasteiger partial charge in [-0.1, -0.05) is 0 Å². The first-order valence-corrected chi connectivity index (χ1v) is 8.73. The van der Waals surface area contributed by atoms with Crippen LogP contribution in [0.3, 0.4) is 0 Å². The summed E-state index contributed by atoms with van der Waals surface area (Å²) in [5, 5.41) is 3.32. The van der Waals surface area contributed by atoms with E-state index in [0.717, 1.165) is 48.2 Å². The van der Waals surface area contributed by atoms with Gasteiger partial charge in [-0.05, 0) is 38.0 Å². The van der Waals surface area contributed by atoms with Crippen LogP contribution in [-0.2, 0) is 0 Å². The summed E-state index contributed by atoms with van der Waals surface area (Å²) in [5.41, 5.74) is 3.62. The van der Waals surface area contributed by atoms with E-state index in [1.54, 1.807) is 17.7 Å². The van der Waals surface area contributed by atoms with Crippen molar-refractivity contribution in [2.75, 3.05) is 13.1 Å². The van der Waals surface area contributed by atoms with E-state index >= 15 is 0 Å². The number of fused-ring (bicyclic) bond motifs is 1. The van der Waals surface area contributed by atoms with Crippen molar-refractivity contribution < 1.29 is 4.79 Å². The van der Waals surface area contributed by atoms with Gasteiger partial charge in [-0.2, -0.15) is 0 Å². The van der Waals surface area contributed by atoms with E-state index in [4.69, 9.17) is 0 Å². The lowest BCUT2D eigenvalue weighted by atomic mass is 9.97.